The number of halogens is 2. The van der Waals surface area contributed by atoms with Crippen molar-refractivity contribution in [2.45, 2.75) is 32.8 Å². The molecular formula is C33H27ClFN3O4. The SMILES string of the molecule is Cc1c(-c2c(Cl)cc(C(N)=O)c3c2-c2ccc(C(C)(C)O)cc2C3)cccc1-n1c(=O)c2cc(F)ccc2n(C)c1=O. The van der Waals surface area contributed by atoms with E-state index in [1.165, 1.54) is 23.7 Å². The van der Waals surface area contributed by atoms with Crippen molar-refractivity contribution < 1.29 is 14.3 Å². The van der Waals surface area contributed by atoms with Crippen LogP contribution >= 0.6 is 11.6 Å². The monoisotopic (exact) mass is 583 g/mol. The molecule has 0 atom stereocenters. The molecule has 9 heteroatoms. The Bertz CT molecular complexity index is 2120. The molecule has 1 aromatic heterocycles. The van der Waals surface area contributed by atoms with Gasteiger partial charge in [0.2, 0.25) is 5.91 Å². The fourth-order valence-electron chi connectivity index (χ4n) is 5.99. The minimum atomic E-state index is -1.07. The summed E-state index contributed by atoms with van der Waals surface area (Å²) in [5.74, 6) is -1.20. The van der Waals surface area contributed by atoms with Gasteiger partial charge in [0.1, 0.15) is 5.82 Å². The highest BCUT2D eigenvalue weighted by molar-refractivity contribution is 6.35. The van der Waals surface area contributed by atoms with Crippen molar-refractivity contribution in [3.63, 3.8) is 0 Å². The van der Waals surface area contributed by atoms with Gasteiger partial charge in [-0.3, -0.25) is 14.2 Å². The summed E-state index contributed by atoms with van der Waals surface area (Å²) in [6, 6.07) is 16.2. The minimum Gasteiger partial charge on any atom is -0.386 e. The number of carbonyl (C=O) groups is 1. The Morgan fingerprint density at radius 3 is 2.45 bits per heavy atom. The van der Waals surface area contributed by atoms with Crippen LogP contribution in [0, 0.1) is 12.7 Å². The van der Waals surface area contributed by atoms with Crippen molar-refractivity contribution in [2.24, 2.45) is 12.8 Å². The summed E-state index contributed by atoms with van der Waals surface area (Å²) in [6.07, 6.45) is 0.409. The van der Waals surface area contributed by atoms with E-state index in [2.05, 4.69) is 0 Å². The van der Waals surface area contributed by atoms with Crippen molar-refractivity contribution >= 4 is 28.4 Å². The molecule has 0 aliphatic heterocycles. The van der Waals surface area contributed by atoms with E-state index in [-0.39, 0.29) is 10.4 Å². The highest BCUT2D eigenvalue weighted by atomic mass is 35.5. The molecule has 0 bridgehead atoms. The fraction of sp³-hybridized carbons (Fsp3) is 0.182. The highest BCUT2D eigenvalue weighted by Crippen LogP contribution is 2.49. The number of amides is 1. The van der Waals surface area contributed by atoms with Gasteiger partial charge in [0.25, 0.3) is 5.56 Å². The molecule has 1 aliphatic carbocycles. The number of nitrogens with zero attached hydrogens (tertiary/aromatic N) is 2. The lowest BCUT2D eigenvalue weighted by Gasteiger charge is -2.20. The van der Waals surface area contributed by atoms with Crippen molar-refractivity contribution in [2.75, 3.05) is 0 Å². The van der Waals surface area contributed by atoms with Gasteiger partial charge in [-0.25, -0.2) is 13.8 Å². The second-order valence-electron chi connectivity index (χ2n) is 11.2. The van der Waals surface area contributed by atoms with Crippen LogP contribution in [0.2, 0.25) is 5.02 Å². The van der Waals surface area contributed by atoms with Gasteiger partial charge < -0.3 is 10.8 Å². The Hall–Kier alpha value is -4.53. The zero-order valence-corrected chi connectivity index (χ0v) is 24.1. The van der Waals surface area contributed by atoms with Crippen LogP contribution in [-0.2, 0) is 19.1 Å². The lowest BCUT2D eigenvalue weighted by molar-refractivity contribution is 0.0785. The second-order valence-corrected chi connectivity index (χ2v) is 11.6. The number of benzene rings is 4. The van der Waals surface area contributed by atoms with Crippen molar-refractivity contribution in [3.05, 3.63) is 120 Å². The van der Waals surface area contributed by atoms with Gasteiger partial charge in [0.05, 0.1) is 22.2 Å². The molecule has 212 valence electrons. The van der Waals surface area contributed by atoms with Crippen LogP contribution in [0.4, 0.5) is 4.39 Å². The molecular weight excluding hydrogens is 557 g/mol. The summed E-state index contributed by atoms with van der Waals surface area (Å²) < 4.78 is 16.5. The number of hydrogen-bond acceptors (Lipinski definition) is 4. The Morgan fingerprint density at radius 1 is 1.02 bits per heavy atom. The number of nitrogens with two attached hydrogens (primary N) is 1. The largest absolute Gasteiger partial charge is 0.386 e. The lowest BCUT2D eigenvalue weighted by Crippen LogP contribution is -2.38. The summed E-state index contributed by atoms with van der Waals surface area (Å²) in [7, 11) is 1.53. The maximum atomic E-state index is 14.1. The van der Waals surface area contributed by atoms with Gasteiger partial charge in [0.15, 0.2) is 0 Å². The van der Waals surface area contributed by atoms with E-state index in [0.717, 1.165) is 32.9 Å². The van der Waals surface area contributed by atoms with Crippen LogP contribution < -0.4 is 17.0 Å². The molecule has 0 saturated carbocycles. The third-order valence-electron chi connectivity index (χ3n) is 8.15. The average Bonchev–Trinajstić information content (AvgIpc) is 3.31. The summed E-state index contributed by atoms with van der Waals surface area (Å²) in [6.45, 7) is 5.19. The molecule has 6 rings (SSSR count). The Balaban J connectivity index is 1.65. The maximum Gasteiger partial charge on any atom is 0.335 e. The van der Waals surface area contributed by atoms with Gasteiger partial charge >= 0.3 is 5.69 Å². The zero-order valence-electron chi connectivity index (χ0n) is 23.4. The number of primary amides is 1. The Labute approximate surface area is 245 Å². The quantitative estimate of drug-likeness (QED) is 0.291. The summed E-state index contributed by atoms with van der Waals surface area (Å²) in [5, 5.41) is 11.0. The standard InChI is InChI=1S/C33H27ClFN3O4/c1-16-20(6-5-7-26(16)38-31(40)24-14-19(35)9-11-27(24)37(4)32(38)41)29-25(34)15-23(30(36)39)22-13-17-12-18(33(2,3)42)8-10-21(17)28(22)29/h5-12,14-15,42H,13H2,1-4H3,(H2,36,39). The van der Waals surface area contributed by atoms with E-state index in [1.54, 1.807) is 39.0 Å². The molecule has 0 fully saturated rings. The second kappa shape index (κ2) is 9.51. The number of hydrogen-bond donors (Lipinski definition) is 2. The first kappa shape index (κ1) is 27.6. The minimum absolute atomic E-state index is 0.0724. The zero-order chi connectivity index (χ0) is 30.2. The van der Waals surface area contributed by atoms with Crippen LogP contribution in [0.1, 0.15) is 46.5 Å². The normalized spacial score (nSPS) is 12.5. The molecule has 7 nitrogen and oxygen atoms in total. The summed E-state index contributed by atoms with van der Waals surface area (Å²) in [5.41, 5.74) is 10.2. The molecule has 1 aliphatic rings. The first-order valence-corrected chi connectivity index (χ1v) is 13.7. The first-order chi connectivity index (χ1) is 19.8. The highest BCUT2D eigenvalue weighted by Gasteiger charge is 2.31. The van der Waals surface area contributed by atoms with Crippen LogP contribution in [0.5, 0.6) is 0 Å². The van der Waals surface area contributed by atoms with E-state index >= 15 is 0 Å². The summed E-state index contributed by atoms with van der Waals surface area (Å²) >= 11 is 6.89. The number of rotatable bonds is 4. The number of aliphatic hydroxyl groups is 1. The predicted molar refractivity (Wildman–Crippen MR) is 162 cm³/mol. The van der Waals surface area contributed by atoms with Gasteiger partial charge in [-0.05, 0) is 96.5 Å². The van der Waals surface area contributed by atoms with Gasteiger partial charge in [0, 0.05) is 23.2 Å². The molecule has 1 amide bonds. The van der Waals surface area contributed by atoms with E-state index < -0.39 is 28.6 Å². The molecule has 0 radical (unpaired) electrons. The summed E-state index contributed by atoms with van der Waals surface area (Å²) in [4.78, 5) is 39.6. The van der Waals surface area contributed by atoms with Crippen molar-refractivity contribution in [1.82, 2.24) is 9.13 Å². The van der Waals surface area contributed by atoms with Crippen LogP contribution in [-0.4, -0.2) is 20.1 Å². The van der Waals surface area contributed by atoms with Gasteiger partial charge in [-0.15, -0.1) is 0 Å². The van der Waals surface area contributed by atoms with Gasteiger partial charge in [-0.2, -0.15) is 0 Å². The maximum absolute atomic E-state index is 14.1. The topological polar surface area (TPSA) is 107 Å². The van der Waals surface area contributed by atoms with Crippen molar-refractivity contribution in [1.29, 1.82) is 0 Å². The average molecular weight is 584 g/mol. The van der Waals surface area contributed by atoms with E-state index in [4.69, 9.17) is 17.3 Å². The molecule has 0 unspecified atom stereocenters. The lowest BCUT2D eigenvalue weighted by atomic mass is 9.88. The number of fused-ring (bicyclic) bond motifs is 4. The molecule has 1 heterocycles. The molecule has 4 aromatic carbocycles. The predicted octanol–water partition coefficient (Wildman–Crippen LogP) is 5.35. The smallest absolute Gasteiger partial charge is 0.335 e. The van der Waals surface area contributed by atoms with E-state index in [1.807, 2.05) is 24.3 Å². The van der Waals surface area contributed by atoms with Crippen LogP contribution in [0.15, 0.2) is 70.3 Å². The third-order valence-corrected chi connectivity index (χ3v) is 8.45. The Kier molecular flexibility index (Phi) is 6.25. The fourth-order valence-corrected chi connectivity index (χ4v) is 6.30. The Morgan fingerprint density at radius 2 is 1.76 bits per heavy atom. The number of carbonyl (C=O) groups excluding carboxylic acids is 1. The van der Waals surface area contributed by atoms with Gasteiger partial charge in [-0.1, -0.05) is 41.9 Å². The first-order valence-electron chi connectivity index (χ1n) is 13.3. The number of aromatic nitrogens is 2. The molecule has 5 aromatic rings. The van der Waals surface area contributed by atoms with Crippen LogP contribution in [0.3, 0.4) is 0 Å². The number of aryl methyl sites for hydroxylation is 1. The van der Waals surface area contributed by atoms with E-state index in [9.17, 15) is 23.9 Å². The molecule has 42 heavy (non-hydrogen) atoms. The van der Waals surface area contributed by atoms with Crippen molar-refractivity contribution in [3.8, 4) is 27.9 Å². The molecule has 3 N–H and O–H groups in total. The van der Waals surface area contributed by atoms with E-state index in [0.29, 0.717) is 45.4 Å². The molecule has 0 spiro atoms. The van der Waals surface area contributed by atoms with Crippen LogP contribution in [0.25, 0.3) is 38.8 Å². The molecule has 0 saturated heterocycles. The third kappa shape index (κ3) is 4.09.